The van der Waals surface area contributed by atoms with Crippen LogP contribution in [0.25, 0.3) is 11.3 Å². The van der Waals surface area contributed by atoms with Crippen molar-refractivity contribution < 1.29 is 19.1 Å². The largest absolute Gasteiger partial charge is 0.488 e. The van der Waals surface area contributed by atoms with Gasteiger partial charge in [0.25, 0.3) is 5.91 Å². The Morgan fingerprint density at radius 1 is 1.03 bits per heavy atom. The predicted octanol–water partition coefficient (Wildman–Crippen LogP) is 2.17. The van der Waals surface area contributed by atoms with Crippen LogP contribution in [0.3, 0.4) is 0 Å². The number of nitrogens with zero attached hydrogens (tertiary/aromatic N) is 4. The van der Waals surface area contributed by atoms with E-state index in [0.29, 0.717) is 18.5 Å². The Morgan fingerprint density at radius 3 is 2.61 bits per heavy atom. The van der Waals surface area contributed by atoms with E-state index in [0.717, 1.165) is 47.8 Å². The number of likely N-dealkylation sites (tertiary alicyclic amines) is 1. The number of benzene rings is 1. The summed E-state index contributed by atoms with van der Waals surface area (Å²) in [6.07, 6.45) is 6.11. The molecule has 9 nitrogen and oxygen atoms in total. The molecule has 2 saturated heterocycles. The van der Waals surface area contributed by atoms with Crippen molar-refractivity contribution in [1.82, 2.24) is 25.1 Å². The Kier molecular flexibility index (Phi) is 5.69. The van der Waals surface area contributed by atoms with E-state index in [4.69, 9.17) is 4.74 Å². The highest BCUT2D eigenvalue weighted by Gasteiger charge is 2.39. The highest BCUT2D eigenvalue weighted by molar-refractivity contribution is 6.05. The maximum atomic E-state index is 12.8. The number of carbonyl (C=O) groups is 3. The zero-order valence-corrected chi connectivity index (χ0v) is 19.6. The second kappa shape index (κ2) is 9.16. The summed E-state index contributed by atoms with van der Waals surface area (Å²) < 4.78 is 6.15. The quantitative estimate of drug-likeness (QED) is 0.536. The molecule has 0 aliphatic carbocycles. The average Bonchev–Trinajstić information content (AvgIpc) is 3.19. The van der Waals surface area contributed by atoms with E-state index in [-0.39, 0.29) is 24.3 Å². The first-order valence-electron chi connectivity index (χ1n) is 12.1. The predicted molar refractivity (Wildman–Crippen MR) is 130 cm³/mol. The van der Waals surface area contributed by atoms with E-state index < -0.39 is 11.9 Å². The number of piperidine rings is 1. The number of hydrogen-bond donors (Lipinski definition) is 1. The first-order valence-corrected chi connectivity index (χ1v) is 12.1. The highest BCUT2D eigenvalue weighted by Crippen LogP contribution is 2.31. The van der Waals surface area contributed by atoms with Crippen LogP contribution in [-0.4, -0.2) is 62.7 Å². The lowest BCUT2D eigenvalue weighted by Crippen LogP contribution is -2.53. The van der Waals surface area contributed by atoms with Gasteiger partial charge in [-0.05, 0) is 53.9 Å². The van der Waals surface area contributed by atoms with E-state index in [9.17, 15) is 14.4 Å². The molecule has 2 fully saturated rings. The number of aromatic nitrogens is 2. The molecule has 0 bridgehead atoms. The highest BCUT2D eigenvalue weighted by atomic mass is 16.5. The number of nitrogens with one attached hydrogen (secondary N) is 1. The fraction of sp³-hybridized carbons (Fsp3) is 0.296. The molecular formula is C27H25N5O4. The molecule has 6 rings (SSSR count). The minimum absolute atomic E-state index is 0.0791. The fourth-order valence-corrected chi connectivity index (χ4v) is 5.01. The van der Waals surface area contributed by atoms with Gasteiger partial charge in [-0.2, -0.15) is 0 Å². The maximum Gasteiger partial charge on any atom is 0.255 e. The molecule has 3 aromatic rings. The second-order valence-electron chi connectivity index (χ2n) is 9.44. The third-order valence-corrected chi connectivity index (χ3v) is 6.93. The van der Waals surface area contributed by atoms with Crippen LogP contribution < -0.4 is 10.1 Å². The summed E-state index contributed by atoms with van der Waals surface area (Å²) in [4.78, 5) is 49.0. The SMILES string of the molecule is O=C1CCC(N2Cc3cc(OC4CN(Cc5ccc(-c6ccncc6)nc5)C4)ccc3C2=O)C(=O)N1. The summed E-state index contributed by atoms with van der Waals surface area (Å²) in [5, 5.41) is 2.33. The lowest BCUT2D eigenvalue weighted by molar-refractivity contribution is -0.136. The first-order chi connectivity index (χ1) is 17.5. The van der Waals surface area contributed by atoms with Crippen molar-refractivity contribution in [2.24, 2.45) is 0 Å². The summed E-state index contributed by atoms with van der Waals surface area (Å²) in [6.45, 7) is 2.77. The van der Waals surface area contributed by atoms with Gasteiger partial charge in [-0.3, -0.25) is 34.6 Å². The normalized spacial score (nSPS) is 20.2. The van der Waals surface area contributed by atoms with Crippen molar-refractivity contribution in [2.75, 3.05) is 13.1 Å². The Balaban J connectivity index is 1.02. The monoisotopic (exact) mass is 483 g/mol. The van der Waals surface area contributed by atoms with Crippen molar-refractivity contribution in [3.05, 3.63) is 77.7 Å². The van der Waals surface area contributed by atoms with Gasteiger partial charge in [-0.1, -0.05) is 6.07 Å². The van der Waals surface area contributed by atoms with E-state index in [2.05, 4.69) is 26.3 Å². The van der Waals surface area contributed by atoms with Crippen molar-refractivity contribution in [2.45, 2.75) is 38.1 Å². The van der Waals surface area contributed by atoms with Gasteiger partial charge in [-0.15, -0.1) is 0 Å². The maximum absolute atomic E-state index is 12.8. The molecule has 1 atom stereocenters. The van der Waals surface area contributed by atoms with Gasteiger partial charge in [0, 0.05) is 62.3 Å². The van der Waals surface area contributed by atoms with Crippen LogP contribution in [0.5, 0.6) is 5.75 Å². The van der Waals surface area contributed by atoms with Gasteiger partial charge in [0.1, 0.15) is 17.9 Å². The number of fused-ring (bicyclic) bond motifs is 1. The van der Waals surface area contributed by atoms with Crippen LogP contribution in [0.2, 0.25) is 0 Å². The van der Waals surface area contributed by atoms with E-state index in [1.165, 1.54) is 0 Å². The van der Waals surface area contributed by atoms with Gasteiger partial charge in [0.2, 0.25) is 11.8 Å². The third-order valence-electron chi connectivity index (χ3n) is 6.93. The summed E-state index contributed by atoms with van der Waals surface area (Å²) in [5.41, 5.74) is 4.56. The topological polar surface area (TPSA) is 105 Å². The van der Waals surface area contributed by atoms with Crippen molar-refractivity contribution in [3.8, 4) is 17.0 Å². The van der Waals surface area contributed by atoms with Gasteiger partial charge in [0.05, 0.1) is 5.69 Å². The standard InChI is InChI=1S/C27H25N5O4/c33-25-6-5-24(26(34)30-25)32-14-19-11-20(2-3-22(19)27(32)35)36-21-15-31(16-21)13-17-1-4-23(29-12-17)18-7-9-28-10-8-18/h1-4,7-12,21,24H,5-6,13-16H2,(H,30,33,34). The van der Waals surface area contributed by atoms with Gasteiger partial charge >= 0.3 is 0 Å². The number of carbonyl (C=O) groups excluding carboxylic acids is 3. The minimum Gasteiger partial charge on any atom is -0.488 e. The first kappa shape index (κ1) is 22.4. The van der Waals surface area contributed by atoms with Crippen LogP contribution in [0, 0.1) is 0 Å². The zero-order valence-electron chi connectivity index (χ0n) is 19.6. The van der Waals surface area contributed by atoms with E-state index in [1.807, 2.05) is 36.5 Å². The number of imide groups is 1. The number of rotatable bonds is 6. The van der Waals surface area contributed by atoms with E-state index >= 15 is 0 Å². The molecule has 5 heterocycles. The average molecular weight is 484 g/mol. The van der Waals surface area contributed by atoms with Crippen LogP contribution in [0.4, 0.5) is 0 Å². The van der Waals surface area contributed by atoms with Crippen LogP contribution in [0.1, 0.15) is 34.3 Å². The molecule has 1 N–H and O–H groups in total. The molecule has 3 aliphatic heterocycles. The molecule has 0 saturated carbocycles. The fourth-order valence-electron chi connectivity index (χ4n) is 5.01. The summed E-state index contributed by atoms with van der Waals surface area (Å²) in [7, 11) is 0. The lowest BCUT2D eigenvalue weighted by atomic mass is 10.0. The molecule has 0 spiro atoms. The number of amides is 3. The van der Waals surface area contributed by atoms with Crippen LogP contribution >= 0.6 is 0 Å². The Bertz CT molecular complexity index is 1320. The molecule has 1 aromatic carbocycles. The molecule has 1 unspecified atom stereocenters. The summed E-state index contributed by atoms with van der Waals surface area (Å²) in [6, 6.07) is 12.9. The summed E-state index contributed by atoms with van der Waals surface area (Å²) >= 11 is 0. The molecule has 9 heteroatoms. The van der Waals surface area contributed by atoms with Crippen molar-refractivity contribution in [1.29, 1.82) is 0 Å². The Labute approximate surface area is 208 Å². The third kappa shape index (κ3) is 4.33. The smallest absolute Gasteiger partial charge is 0.255 e. The van der Waals surface area contributed by atoms with Gasteiger partial charge in [-0.25, -0.2) is 0 Å². The van der Waals surface area contributed by atoms with Gasteiger partial charge < -0.3 is 9.64 Å². The number of hydrogen-bond acceptors (Lipinski definition) is 7. The number of pyridine rings is 2. The molecule has 3 amide bonds. The molecule has 182 valence electrons. The van der Waals surface area contributed by atoms with Crippen LogP contribution in [-0.2, 0) is 22.7 Å². The second-order valence-corrected chi connectivity index (χ2v) is 9.44. The van der Waals surface area contributed by atoms with E-state index in [1.54, 1.807) is 23.4 Å². The molecule has 36 heavy (non-hydrogen) atoms. The van der Waals surface area contributed by atoms with Crippen LogP contribution in [0.15, 0.2) is 61.1 Å². The Hall–Kier alpha value is -4.11. The zero-order chi connectivity index (χ0) is 24.6. The minimum atomic E-state index is -0.611. The molecule has 2 aromatic heterocycles. The molecular weight excluding hydrogens is 458 g/mol. The van der Waals surface area contributed by atoms with Gasteiger partial charge in [0.15, 0.2) is 0 Å². The van der Waals surface area contributed by atoms with Crippen molar-refractivity contribution in [3.63, 3.8) is 0 Å². The number of ether oxygens (including phenoxy) is 1. The Morgan fingerprint density at radius 2 is 1.86 bits per heavy atom. The summed E-state index contributed by atoms with van der Waals surface area (Å²) in [5.74, 6) is -0.145. The van der Waals surface area contributed by atoms with Crippen molar-refractivity contribution >= 4 is 17.7 Å². The lowest BCUT2D eigenvalue weighted by Gasteiger charge is -2.39. The molecule has 0 radical (unpaired) electrons. The molecule has 3 aliphatic rings.